The van der Waals surface area contributed by atoms with Crippen molar-refractivity contribution in [3.05, 3.63) is 22.8 Å². The molecule has 0 atom stereocenters. The first-order chi connectivity index (χ1) is 9.88. The van der Waals surface area contributed by atoms with E-state index in [-0.39, 0.29) is 16.7 Å². The smallest absolute Gasteiger partial charge is 0.233 e. The molecule has 118 valence electrons. The van der Waals surface area contributed by atoms with Crippen LogP contribution in [0.1, 0.15) is 33.3 Å². The van der Waals surface area contributed by atoms with Gasteiger partial charge in [0.15, 0.2) is 5.84 Å². The van der Waals surface area contributed by atoms with Crippen molar-refractivity contribution in [3.8, 4) is 5.88 Å². The third-order valence-electron chi connectivity index (χ3n) is 3.16. The molecule has 1 heterocycles. The van der Waals surface area contributed by atoms with Crippen molar-refractivity contribution < 1.29 is 9.94 Å². The molecule has 1 aromatic rings. The van der Waals surface area contributed by atoms with Crippen LogP contribution in [0, 0.1) is 0 Å². The van der Waals surface area contributed by atoms with Gasteiger partial charge in [-0.1, -0.05) is 16.8 Å². The lowest BCUT2D eigenvalue weighted by Crippen LogP contribution is -2.39. The highest BCUT2D eigenvalue weighted by atomic mass is 35.5. The molecule has 0 amide bonds. The molecule has 0 aliphatic carbocycles. The van der Waals surface area contributed by atoms with E-state index in [0.717, 1.165) is 6.54 Å². The number of aromatic nitrogens is 1. The van der Waals surface area contributed by atoms with E-state index in [0.29, 0.717) is 24.3 Å². The third-order valence-corrected chi connectivity index (χ3v) is 3.52. The predicted octanol–water partition coefficient (Wildman–Crippen LogP) is 2.33. The van der Waals surface area contributed by atoms with Crippen LogP contribution < -0.4 is 10.5 Å². The Morgan fingerprint density at radius 2 is 2.05 bits per heavy atom. The summed E-state index contributed by atoms with van der Waals surface area (Å²) in [7, 11) is 0. The maximum Gasteiger partial charge on any atom is 0.233 e. The van der Waals surface area contributed by atoms with Crippen LogP contribution in [-0.2, 0) is 0 Å². The van der Waals surface area contributed by atoms with Crippen LogP contribution in [0.15, 0.2) is 17.4 Å². The number of hydrogen-bond donors (Lipinski definition) is 2. The van der Waals surface area contributed by atoms with Gasteiger partial charge in [0.25, 0.3) is 0 Å². The van der Waals surface area contributed by atoms with Crippen molar-refractivity contribution in [1.82, 2.24) is 9.88 Å². The van der Waals surface area contributed by atoms with Gasteiger partial charge in [0.2, 0.25) is 5.88 Å². The summed E-state index contributed by atoms with van der Waals surface area (Å²) >= 11 is 6.15. The van der Waals surface area contributed by atoms with Crippen LogP contribution >= 0.6 is 11.6 Å². The standard InChI is InChI=1S/C14H23ClN4O2/c1-9(2)19(10(3)4)7-8-21-14-12(15)11(5-6-17-14)13(16)18-20/h5-6,9-10,20H,7-8H2,1-4H3,(H2,16,18). The van der Waals surface area contributed by atoms with Crippen molar-refractivity contribution in [3.63, 3.8) is 0 Å². The Bertz CT molecular complexity index is 484. The number of nitrogens with two attached hydrogens (primary N) is 1. The van der Waals surface area contributed by atoms with Gasteiger partial charge < -0.3 is 15.7 Å². The summed E-state index contributed by atoms with van der Waals surface area (Å²) in [5, 5.41) is 11.9. The molecule has 1 aromatic heterocycles. The average Bonchev–Trinajstić information content (AvgIpc) is 2.43. The highest BCUT2D eigenvalue weighted by Crippen LogP contribution is 2.25. The van der Waals surface area contributed by atoms with Crippen molar-refractivity contribution in [1.29, 1.82) is 0 Å². The Hall–Kier alpha value is -1.53. The van der Waals surface area contributed by atoms with Crippen molar-refractivity contribution >= 4 is 17.4 Å². The SMILES string of the molecule is CC(C)N(CCOc1nccc(/C(N)=N/O)c1Cl)C(C)C. The Labute approximate surface area is 130 Å². The molecule has 0 spiro atoms. The van der Waals surface area contributed by atoms with Gasteiger partial charge in [0.05, 0.1) is 0 Å². The summed E-state index contributed by atoms with van der Waals surface area (Å²) in [6.45, 7) is 9.80. The predicted molar refractivity (Wildman–Crippen MR) is 84.2 cm³/mol. The fourth-order valence-electron chi connectivity index (χ4n) is 2.14. The normalized spacial score (nSPS) is 12.5. The number of rotatable bonds is 7. The fraction of sp³-hybridized carbons (Fsp3) is 0.571. The second-order valence-electron chi connectivity index (χ2n) is 5.24. The zero-order valence-electron chi connectivity index (χ0n) is 12.9. The summed E-state index contributed by atoms with van der Waals surface area (Å²) in [4.78, 5) is 6.38. The number of nitrogens with zero attached hydrogens (tertiary/aromatic N) is 3. The van der Waals surface area contributed by atoms with Crippen LogP contribution in [-0.4, -0.2) is 46.2 Å². The third kappa shape index (κ3) is 4.75. The van der Waals surface area contributed by atoms with Gasteiger partial charge in [-0.25, -0.2) is 4.98 Å². The van der Waals surface area contributed by atoms with E-state index < -0.39 is 0 Å². The van der Waals surface area contributed by atoms with Crippen LogP contribution in [0.25, 0.3) is 0 Å². The van der Waals surface area contributed by atoms with E-state index in [2.05, 4.69) is 42.7 Å². The summed E-state index contributed by atoms with van der Waals surface area (Å²) in [5.41, 5.74) is 5.94. The molecule has 7 heteroatoms. The monoisotopic (exact) mass is 314 g/mol. The summed E-state index contributed by atoms with van der Waals surface area (Å²) in [6, 6.07) is 2.43. The van der Waals surface area contributed by atoms with E-state index in [9.17, 15) is 0 Å². The highest BCUT2D eigenvalue weighted by Gasteiger charge is 2.15. The van der Waals surface area contributed by atoms with Crippen molar-refractivity contribution in [2.24, 2.45) is 10.9 Å². The Kier molecular flexibility index (Phi) is 6.71. The number of ether oxygens (including phenoxy) is 1. The molecule has 21 heavy (non-hydrogen) atoms. The topological polar surface area (TPSA) is 84.0 Å². The first-order valence-electron chi connectivity index (χ1n) is 6.89. The van der Waals surface area contributed by atoms with Crippen molar-refractivity contribution in [2.75, 3.05) is 13.2 Å². The second-order valence-corrected chi connectivity index (χ2v) is 5.61. The highest BCUT2D eigenvalue weighted by molar-refractivity contribution is 6.35. The second kappa shape index (κ2) is 8.05. The molecule has 0 unspecified atom stereocenters. The van der Waals surface area contributed by atoms with Gasteiger partial charge in [-0.3, -0.25) is 4.90 Å². The zero-order chi connectivity index (χ0) is 16.0. The molecular weight excluding hydrogens is 292 g/mol. The molecular formula is C14H23ClN4O2. The summed E-state index contributed by atoms with van der Waals surface area (Å²) in [5.74, 6) is 0.214. The number of oxime groups is 1. The van der Waals surface area contributed by atoms with Crippen LogP contribution in [0.5, 0.6) is 5.88 Å². The summed E-state index contributed by atoms with van der Waals surface area (Å²) < 4.78 is 5.63. The summed E-state index contributed by atoms with van der Waals surface area (Å²) in [6.07, 6.45) is 1.51. The molecule has 0 aromatic carbocycles. The van der Waals surface area contributed by atoms with E-state index >= 15 is 0 Å². The molecule has 0 aliphatic rings. The van der Waals surface area contributed by atoms with Crippen LogP contribution in [0.4, 0.5) is 0 Å². The molecule has 1 rings (SSSR count). The number of halogens is 1. The minimum absolute atomic E-state index is 0.0711. The van der Waals surface area contributed by atoms with Gasteiger partial charge in [-0.15, -0.1) is 0 Å². The number of hydrogen-bond acceptors (Lipinski definition) is 5. The average molecular weight is 315 g/mol. The van der Waals surface area contributed by atoms with Gasteiger partial charge in [0, 0.05) is 30.4 Å². The maximum atomic E-state index is 8.71. The Morgan fingerprint density at radius 1 is 1.43 bits per heavy atom. The molecule has 0 saturated carbocycles. The van der Waals surface area contributed by atoms with Gasteiger partial charge in [-0.05, 0) is 33.8 Å². The van der Waals surface area contributed by atoms with E-state index in [1.165, 1.54) is 6.20 Å². The van der Waals surface area contributed by atoms with Crippen LogP contribution in [0.3, 0.4) is 0 Å². The molecule has 6 nitrogen and oxygen atoms in total. The number of pyridine rings is 1. The minimum atomic E-state index is -0.0711. The van der Waals surface area contributed by atoms with E-state index in [1.54, 1.807) is 6.07 Å². The van der Waals surface area contributed by atoms with Gasteiger partial charge >= 0.3 is 0 Å². The quantitative estimate of drug-likeness (QED) is 0.349. The van der Waals surface area contributed by atoms with E-state index in [1.807, 2.05) is 0 Å². The van der Waals surface area contributed by atoms with Gasteiger partial charge in [0.1, 0.15) is 11.6 Å². The molecule has 3 N–H and O–H groups in total. The largest absolute Gasteiger partial charge is 0.475 e. The van der Waals surface area contributed by atoms with E-state index in [4.69, 9.17) is 27.3 Å². The maximum absolute atomic E-state index is 8.71. The Balaban J connectivity index is 2.72. The minimum Gasteiger partial charge on any atom is -0.475 e. The molecule has 0 saturated heterocycles. The van der Waals surface area contributed by atoms with Crippen LogP contribution in [0.2, 0.25) is 5.02 Å². The fourth-order valence-corrected chi connectivity index (χ4v) is 2.40. The number of amidine groups is 1. The zero-order valence-corrected chi connectivity index (χ0v) is 13.6. The first kappa shape index (κ1) is 17.5. The lowest BCUT2D eigenvalue weighted by Gasteiger charge is -2.30. The lowest BCUT2D eigenvalue weighted by molar-refractivity contribution is 0.140. The first-order valence-corrected chi connectivity index (χ1v) is 7.27. The Morgan fingerprint density at radius 3 is 2.57 bits per heavy atom. The molecule has 0 radical (unpaired) electrons. The molecule has 0 fully saturated rings. The lowest BCUT2D eigenvalue weighted by atomic mass is 10.2. The molecule has 0 aliphatic heterocycles. The van der Waals surface area contributed by atoms with Gasteiger partial charge in [-0.2, -0.15) is 0 Å². The molecule has 0 bridgehead atoms. The van der Waals surface area contributed by atoms with Crippen molar-refractivity contribution in [2.45, 2.75) is 39.8 Å².